The Morgan fingerprint density at radius 1 is 1.27 bits per heavy atom. The zero-order chi connectivity index (χ0) is 11.8. The Morgan fingerprint density at radius 2 is 1.80 bits per heavy atom. The highest BCUT2D eigenvalue weighted by Gasteiger charge is 2.15. The van der Waals surface area contributed by atoms with E-state index >= 15 is 0 Å². The van der Waals surface area contributed by atoms with Gasteiger partial charge in [0.25, 0.3) is 6.43 Å². The molecule has 0 bridgehead atoms. The Labute approximate surface area is 85.8 Å². The second kappa shape index (κ2) is 6.97. The van der Waals surface area contributed by atoms with Crippen molar-refractivity contribution >= 4 is 12.0 Å². The van der Waals surface area contributed by atoms with Crippen LogP contribution >= 0.6 is 0 Å². The molecule has 0 aliphatic carbocycles. The molecular weight excluding hydrogens is 210 g/mol. The molecule has 0 spiro atoms. The van der Waals surface area contributed by atoms with Crippen molar-refractivity contribution in [3.8, 4) is 0 Å². The number of rotatable bonds is 6. The van der Waals surface area contributed by atoms with Crippen molar-refractivity contribution in [2.24, 2.45) is 5.92 Å². The maximum atomic E-state index is 11.7. The van der Waals surface area contributed by atoms with E-state index in [0.717, 1.165) is 0 Å². The van der Waals surface area contributed by atoms with Gasteiger partial charge >= 0.3 is 12.0 Å². The number of hydrogen-bond acceptors (Lipinski definition) is 2. The van der Waals surface area contributed by atoms with Gasteiger partial charge in [0.1, 0.15) is 0 Å². The highest BCUT2D eigenvalue weighted by atomic mass is 19.3. The quantitative estimate of drug-likeness (QED) is 0.620. The third-order valence-electron chi connectivity index (χ3n) is 1.77. The molecule has 0 aliphatic heterocycles. The summed E-state index contributed by atoms with van der Waals surface area (Å²) in [6.07, 6.45) is -2.25. The van der Waals surface area contributed by atoms with Gasteiger partial charge in [-0.25, -0.2) is 13.6 Å². The minimum Gasteiger partial charge on any atom is -0.481 e. The van der Waals surface area contributed by atoms with Gasteiger partial charge in [0, 0.05) is 6.54 Å². The van der Waals surface area contributed by atoms with Crippen LogP contribution in [0.3, 0.4) is 0 Å². The van der Waals surface area contributed by atoms with Crippen molar-refractivity contribution in [1.29, 1.82) is 0 Å². The smallest absolute Gasteiger partial charge is 0.315 e. The maximum absolute atomic E-state index is 11.7. The van der Waals surface area contributed by atoms with E-state index in [1.54, 1.807) is 6.92 Å². The second-order valence-corrected chi connectivity index (χ2v) is 2.93. The number of nitrogens with one attached hydrogen (secondary N) is 2. The molecule has 0 heterocycles. The molecular formula is C8H14F2N2O3. The first-order chi connectivity index (χ1) is 6.97. The highest BCUT2D eigenvalue weighted by molar-refractivity contribution is 5.75. The number of carbonyl (C=O) groups is 2. The van der Waals surface area contributed by atoms with Crippen LogP contribution < -0.4 is 10.6 Å². The molecule has 0 saturated carbocycles. The summed E-state index contributed by atoms with van der Waals surface area (Å²) in [6, 6.07) is -0.782. The number of halogens is 2. The zero-order valence-corrected chi connectivity index (χ0v) is 8.30. The van der Waals surface area contributed by atoms with E-state index in [1.807, 2.05) is 5.32 Å². The van der Waals surface area contributed by atoms with Gasteiger partial charge in [-0.15, -0.1) is 0 Å². The third-order valence-corrected chi connectivity index (χ3v) is 1.77. The molecule has 1 unspecified atom stereocenters. The Bertz CT molecular complexity index is 224. The van der Waals surface area contributed by atoms with Crippen molar-refractivity contribution in [2.75, 3.05) is 13.1 Å². The predicted molar refractivity (Wildman–Crippen MR) is 48.8 cm³/mol. The van der Waals surface area contributed by atoms with Crippen LogP contribution in [-0.2, 0) is 4.79 Å². The summed E-state index contributed by atoms with van der Waals surface area (Å²) in [5.41, 5.74) is 0. The summed E-state index contributed by atoms with van der Waals surface area (Å²) >= 11 is 0. The van der Waals surface area contributed by atoms with Gasteiger partial charge in [0.2, 0.25) is 0 Å². The fourth-order valence-corrected chi connectivity index (χ4v) is 0.855. The van der Waals surface area contributed by atoms with Gasteiger partial charge in [-0.05, 0) is 6.42 Å². The SMILES string of the molecule is CCC(CNC(=O)NCC(F)F)C(=O)O. The van der Waals surface area contributed by atoms with Crippen molar-refractivity contribution in [3.63, 3.8) is 0 Å². The molecule has 0 aromatic heterocycles. The molecule has 2 amide bonds. The van der Waals surface area contributed by atoms with Crippen LogP contribution in [0.1, 0.15) is 13.3 Å². The van der Waals surface area contributed by atoms with Crippen LogP contribution in [0, 0.1) is 5.92 Å². The molecule has 0 saturated heterocycles. The summed E-state index contributed by atoms with van der Waals surface area (Å²) < 4.78 is 23.3. The van der Waals surface area contributed by atoms with E-state index in [-0.39, 0.29) is 6.54 Å². The largest absolute Gasteiger partial charge is 0.481 e. The number of hydrogen-bond donors (Lipinski definition) is 3. The van der Waals surface area contributed by atoms with Gasteiger partial charge in [-0.1, -0.05) is 6.92 Å². The van der Waals surface area contributed by atoms with Crippen LogP contribution in [0.15, 0.2) is 0 Å². The molecule has 1 atom stereocenters. The monoisotopic (exact) mass is 224 g/mol. The minimum absolute atomic E-state index is 0.0685. The molecule has 0 aromatic carbocycles. The molecule has 0 rings (SSSR count). The maximum Gasteiger partial charge on any atom is 0.315 e. The van der Waals surface area contributed by atoms with Crippen LogP contribution in [0.2, 0.25) is 0 Å². The first-order valence-corrected chi connectivity index (χ1v) is 4.50. The summed E-state index contributed by atoms with van der Waals surface area (Å²) in [5.74, 6) is -1.71. The van der Waals surface area contributed by atoms with Gasteiger partial charge < -0.3 is 15.7 Å². The lowest BCUT2D eigenvalue weighted by molar-refractivity contribution is -0.141. The number of amides is 2. The Morgan fingerprint density at radius 3 is 2.20 bits per heavy atom. The number of urea groups is 1. The normalized spacial score (nSPS) is 12.3. The van der Waals surface area contributed by atoms with E-state index in [4.69, 9.17) is 5.11 Å². The number of alkyl halides is 2. The Hall–Kier alpha value is -1.40. The van der Waals surface area contributed by atoms with Crippen LogP contribution in [0.4, 0.5) is 13.6 Å². The number of carboxylic acid groups (broad SMARTS) is 1. The molecule has 3 N–H and O–H groups in total. The van der Waals surface area contributed by atoms with Crippen LogP contribution in [-0.4, -0.2) is 36.6 Å². The molecule has 15 heavy (non-hydrogen) atoms. The lowest BCUT2D eigenvalue weighted by Gasteiger charge is -2.11. The topological polar surface area (TPSA) is 78.4 Å². The Balaban J connectivity index is 3.74. The average Bonchev–Trinajstić information content (AvgIpc) is 2.15. The van der Waals surface area contributed by atoms with Gasteiger partial charge in [0.15, 0.2) is 0 Å². The summed E-state index contributed by atoms with van der Waals surface area (Å²) in [6.45, 7) is 0.855. The highest BCUT2D eigenvalue weighted by Crippen LogP contribution is 1.99. The van der Waals surface area contributed by atoms with Crippen molar-refractivity contribution in [2.45, 2.75) is 19.8 Å². The van der Waals surface area contributed by atoms with Crippen LogP contribution in [0.25, 0.3) is 0 Å². The van der Waals surface area contributed by atoms with Gasteiger partial charge in [0.05, 0.1) is 12.5 Å². The first kappa shape index (κ1) is 13.6. The lowest BCUT2D eigenvalue weighted by Crippen LogP contribution is -2.41. The average molecular weight is 224 g/mol. The Kier molecular flexibility index (Phi) is 6.32. The summed E-state index contributed by atoms with van der Waals surface area (Å²) in [4.78, 5) is 21.4. The van der Waals surface area contributed by atoms with Gasteiger partial charge in [-0.3, -0.25) is 4.79 Å². The predicted octanol–water partition coefficient (Wildman–Crippen LogP) is 0.661. The third kappa shape index (κ3) is 6.64. The van der Waals surface area contributed by atoms with E-state index in [9.17, 15) is 18.4 Å². The minimum atomic E-state index is -2.61. The van der Waals surface area contributed by atoms with Gasteiger partial charge in [-0.2, -0.15) is 0 Å². The van der Waals surface area contributed by atoms with E-state index < -0.39 is 30.9 Å². The van der Waals surface area contributed by atoms with E-state index in [2.05, 4.69) is 5.32 Å². The summed E-state index contributed by atoms with van der Waals surface area (Å²) in [7, 11) is 0. The molecule has 0 aliphatic rings. The standard InChI is InChI=1S/C8H14F2N2O3/c1-2-5(7(13)14)3-11-8(15)12-4-6(9)10/h5-6H,2-4H2,1H3,(H,13,14)(H2,11,12,15). The molecule has 0 radical (unpaired) electrons. The fraction of sp³-hybridized carbons (Fsp3) is 0.750. The fourth-order valence-electron chi connectivity index (χ4n) is 0.855. The molecule has 0 aromatic rings. The number of carbonyl (C=O) groups excluding carboxylic acids is 1. The number of carboxylic acids is 1. The lowest BCUT2D eigenvalue weighted by atomic mass is 10.1. The molecule has 7 heteroatoms. The van der Waals surface area contributed by atoms with Crippen molar-refractivity contribution < 1.29 is 23.5 Å². The van der Waals surface area contributed by atoms with Crippen molar-refractivity contribution in [3.05, 3.63) is 0 Å². The second-order valence-electron chi connectivity index (χ2n) is 2.93. The molecule has 88 valence electrons. The van der Waals surface area contributed by atoms with E-state index in [0.29, 0.717) is 6.42 Å². The van der Waals surface area contributed by atoms with Crippen molar-refractivity contribution in [1.82, 2.24) is 10.6 Å². The van der Waals surface area contributed by atoms with Crippen LogP contribution in [0.5, 0.6) is 0 Å². The number of aliphatic carboxylic acids is 1. The van der Waals surface area contributed by atoms with E-state index in [1.165, 1.54) is 0 Å². The molecule has 5 nitrogen and oxygen atoms in total. The summed E-state index contributed by atoms with van der Waals surface area (Å²) in [5, 5.41) is 12.7. The molecule has 0 fully saturated rings. The zero-order valence-electron chi connectivity index (χ0n) is 8.30. The first-order valence-electron chi connectivity index (χ1n) is 4.50.